The molecule has 0 N–H and O–H groups in total. The van der Waals surface area contributed by atoms with Gasteiger partial charge in [-0.2, -0.15) is 18.2 Å². The van der Waals surface area contributed by atoms with Crippen LogP contribution in [0, 0.1) is 0 Å². The predicted molar refractivity (Wildman–Crippen MR) is 147 cm³/mol. The summed E-state index contributed by atoms with van der Waals surface area (Å²) in [4.78, 5) is 30.6. The Morgan fingerprint density at radius 2 is 1.54 bits per heavy atom. The minimum atomic E-state index is -4.44. The molecule has 0 atom stereocenters. The first-order chi connectivity index (χ1) is 19.6. The molecule has 214 valence electrons. The van der Waals surface area contributed by atoms with Gasteiger partial charge in [0.05, 0.1) is 10.5 Å². The average molecular weight is 585 g/mol. The highest BCUT2D eigenvalue weighted by atomic mass is 32.2. The summed E-state index contributed by atoms with van der Waals surface area (Å²) in [5.74, 6) is 0.863. The van der Waals surface area contributed by atoms with Gasteiger partial charge in [-0.05, 0) is 43.2 Å². The van der Waals surface area contributed by atoms with Crippen molar-refractivity contribution in [1.82, 2.24) is 19.5 Å². The summed E-state index contributed by atoms with van der Waals surface area (Å²) < 4.78 is 67.2. The van der Waals surface area contributed by atoms with E-state index in [0.717, 1.165) is 37.9 Å². The number of pyridine rings is 2. The maximum Gasteiger partial charge on any atom is 0.417 e. The normalized spacial score (nSPS) is 17.0. The summed E-state index contributed by atoms with van der Waals surface area (Å²) in [7, 11) is -4.06. The fourth-order valence-corrected chi connectivity index (χ4v) is 6.91. The summed E-state index contributed by atoms with van der Waals surface area (Å²) >= 11 is 0. The van der Waals surface area contributed by atoms with Gasteiger partial charge in [0, 0.05) is 50.0 Å². The quantitative estimate of drug-likeness (QED) is 0.339. The summed E-state index contributed by atoms with van der Waals surface area (Å²) in [6.07, 6.45) is 1.32. The molecule has 3 aromatic heterocycles. The molecule has 0 unspecified atom stereocenters. The van der Waals surface area contributed by atoms with Crippen LogP contribution in [0.3, 0.4) is 0 Å². The van der Waals surface area contributed by atoms with Crippen LogP contribution in [0.5, 0.6) is 0 Å². The summed E-state index contributed by atoms with van der Waals surface area (Å²) in [5.41, 5.74) is -0.987. The van der Waals surface area contributed by atoms with Crippen LogP contribution >= 0.6 is 0 Å². The zero-order valence-electron chi connectivity index (χ0n) is 22.0. The number of hydrogen-bond acceptors (Lipinski definition) is 8. The summed E-state index contributed by atoms with van der Waals surface area (Å²) in [6, 6.07) is 11.5. The molecule has 0 bridgehead atoms. The fourth-order valence-electron chi connectivity index (χ4n) is 5.53. The zero-order valence-corrected chi connectivity index (χ0v) is 22.8. The maximum absolute atomic E-state index is 13.8. The zero-order chi connectivity index (χ0) is 28.8. The second-order valence-corrected chi connectivity index (χ2v) is 12.2. The summed E-state index contributed by atoms with van der Waals surface area (Å²) in [6.45, 7) is 1.96. The molecule has 2 fully saturated rings. The van der Waals surface area contributed by atoms with Crippen LogP contribution < -0.4 is 15.4 Å². The average Bonchev–Trinajstić information content (AvgIpc) is 3.51. The smallest absolute Gasteiger partial charge is 0.353 e. The van der Waals surface area contributed by atoms with Crippen LogP contribution in [0.4, 0.5) is 24.9 Å². The third kappa shape index (κ3) is 5.14. The minimum absolute atomic E-state index is 0.0485. The Morgan fingerprint density at radius 3 is 2.17 bits per heavy atom. The first-order valence-electron chi connectivity index (χ1n) is 13.4. The molecule has 4 aromatic rings. The first-order valence-corrected chi connectivity index (χ1v) is 14.9. The Hall–Kier alpha value is -4.00. The van der Waals surface area contributed by atoms with E-state index < -0.39 is 27.1 Å². The van der Waals surface area contributed by atoms with E-state index in [-0.39, 0.29) is 15.8 Å². The van der Waals surface area contributed by atoms with E-state index in [1.807, 2.05) is 9.80 Å². The lowest BCUT2D eigenvalue weighted by Gasteiger charge is -2.35. The van der Waals surface area contributed by atoms with Crippen LogP contribution in [0.2, 0.25) is 0 Å². The van der Waals surface area contributed by atoms with E-state index in [9.17, 15) is 26.4 Å². The van der Waals surface area contributed by atoms with Crippen molar-refractivity contribution < 1.29 is 21.6 Å². The Bertz CT molecular complexity index is 1730. The van der Waals surface area contributed by atoms with E-state index in [2.05, 4.69) is 9.97 Å². The lowest BCUT2D eigenvalue weighted by molar-refractivity contribution is -0.137. The molecule has 1 aromatic carbocycles. The number of aromatic nitrogens is 4. The Morgan fingerprint density at radius 1 is 0.854 bits per heavy atom. The molecule has 6 rings (SSSR count). The first kappa shape index (κ1) is 27.2. The number of piperazine rings is 1. The van der Waals surface area contributed by atoms with Crippen molar-refractivity contribution in [1.29, 1.82) is 0 Å². The van der Waals surface area contributed by atoms with Gasteiger partial charge >= 0.3 is 6.18 Å². The van der Waals surface area contributed by atoms with Crippen LogP contribution in [-0.4, -0.2) is 54.1 Å². The van der Waals surface area contributed by atoms with Crippen molar-refractivity contribution in [2.75, 3.05) is 36.0 Å². The Kier molecular flexibility index (Phi) is 6.92. The number of anilines is 2. The van der Waals surface area contributed by atoms with Crippen LogP contribution in [0.1, 0.15) is 37.3 Å². The Balaban J connectivity index is 1.32. The van der Waals surface area contributed by atoms with Crippen molar-refractivity contribution in [3.8, 4) is 0 Å². The second-order valence-electron chi connectivity index (χ2n) is 10.3. The van der Waals surface area contributed by atoms with Gasteiger partial charge in [0.1, 0.15) is 16.4 Å². The molecule has 4 heterocycles. The highest BCUT2D eigenvalue weighted by molar-refractivity contribution is 7.91. The number of halogens is 3. The number of alkyl halides is 3. The van der Waals surface area contributed by atoms with Crippen LogP contribution in [0.15, 0.2) is 75.5 Å². The van der Waals surface area contributed by atoms with Crippen LogP contribution in [0.25, 0.3) is 11.0 Å². The molecule has 13 heteroatoms. The predicted octanol–water partition coefficient (Wildman–Crippen LogP) is 4.48. The fraction of sp³-hybridized carbons (Fsp3) is 0.357. The standard InChI is InChI=1S/C28H27F3N6O3S/c29-28(30,31)20-10-11-24(32-18-20)35-12-14-36(15-13-35)27-33-17-19-16-23(41(39,40)22-8-2-1-3-9-22)26(38)37(25(19)34-27)21-6-4-5-7-21/h1-3,8-11,16-18,21H,4-7,12-15H2. The van der Waals surface area contributed by atoms with Gasteiger partial charge in [-0.15, -0.1) is 0 Å². The van der Waals surface area contributed by atoms with Gasteiger partial charge < -0.3 is 9.80 Å². The van der Waals surface area contributed by atoms with Gasteiger partial charge in [-0.25, -0.2) is 18.4 Å². The third-order valence-corrected chi connectivity index (χ3v) is 9.49. The Labute approximate surface area is 234 Å². The van der Waals surface area contributed by atoms with Gasteiger partial charge in [0.2, 0.25) is 15.8 Å². The molecule has 0 spiro atoms. The summed E-state index contributed by atoms with van der Waals surface area (Å²) in [5, 5.41) is 0.461. The molecule has 0 radical (unpaired) electrons. The van der Waals surface area contributed by atoms with Crippen LogP contribution in [-0.2, 0) is 16.0 Å². The van der Waals surface area contributed by atoms with E-state index in [1.54, 1.807) is 24.4 Å². The lowest BCUT2D eigenvalue weighted by atomic mass is 10.2. The third-order valence-electron chi connectivity index (χ3n) is 7.72. The molecule has 1 saturated carbocycles. The van der Waals surface area contributed by atoms with Crippen molar-refractivity contribution in [2.24, 2.45) is 0 Å². The van der Waals surface area contributed by atoms with E-state index in [4.69, 9.17) is 4.98 Å². The van der Waals surface area contributed by atoms with Crippen molar-refractivity contribution >= 4 is 32.6 Å². The number of nitrogens with zero attached hydrogens (tertiary/aromatic N) is 6. The molecular weight excluding hydrogens is 557 g/mol. The number of fused-ring (bicyclic) bond motifs is 1. The minimum Gasteiger partial charge on any atom is -0.353 e. The van der Waals surface area contributed by atoms with E-state index in [0.29, 0.717) is 49.0 Å². The largest absolute Gasteiger partial charge is 0.417 e. The molecule has 2 aliphatic rings. The second kappa shape index (κ2) is 10.4. The number of benzene rings is 1. The highest BCUT2D eigenvalue weighted by Gasteiger charge is 2.32. The van der Waals surface area contributed by atoms with Gasteiger partial charge in [-0.3, -0.25) is 9.36 Å². The molecule has 0 amide bonds. The number of hydrogen-bond donors (Lipinski definition) is 0. The lowest BCUT2D eigenvalue weighted by Crippen LogP contribution is -2.47. The molecule has 41 heavy (non-hydrogen) atoms. The monoisotopic (exact) mass is 584 g/mol. The maximum atomic E-state index is 13.8. The number of rotatable bonds is 5. The van der Waals surface area contributed by atoms with Gasteiger partial charge in [-0.1, -0.05) is 31.0 Å². The SMILES string of the molecule is O=c1c(S(=O)(=O)c2ccccc2)cc2cnc(N3CCN(c4ccc(C(F)(F)F)cn4)CC3)nc2n1C1CCCC1. The molecule has 9 nitrogen and oxygen atoms in total. The van der Waals surface area contributed by atoms with Crippen molar-refractivity contribution in [2.45, 2.75) is 47.7 Å². The van der Waals surface area contributed by atoms with Gasteiger partial charge in [0.25, 0.3) is 5.56 Å². The van der Waals surface area contributed by atoms with E-state index >= 15 is 0 Å². The molecule has 1 aliphatic heterocycles. The molecular formula is C28H27F3N6O3S. The molecule has 1 saturated heterocycles. The van der Waals surface area contributed by atoms with Gasteiger partial charge in [0.15, 0.2) is 0 Å². The number of sulfone groups is 1. The van der Waals surface area contributed by atoms with E-state index in [1.165, 1.54) is 28.8 Å². The highest BCUT2D eigenvalue weighted by Crippen LogP contribution is 2.33. The topological polar surface area (TPSA) is 101 Å². The molecule has 1 aliphatic carbocycles. The van der Waals surface area contributed by atoms with Crippen molar-refractivity contribution in [3.05, 3.63) is 76.8 Å². The van der Waals surface area contributed by atoms with Crippen molar-refractivity contribution in [3.63, 3.8) is 0 Å².